The van der Waals surface area contributed by atoms with Gasteiger partial charge in [-0.3, -0.25) is 0 Å². The number of nitrogens with two attached hydrogens (primary N) is 1. The lowest BCUT2D eigenvalue weighted by Gasteiger charge is -2.08. The van der Waals surface area contributed by atoms with Crippen LogP contribution < -0.4 is 16.4 Å². The summed E-state index contributed by atoms with van der Waals surface area (Å²) in [4.78, 5) is 11.8. The van der Waals surface area contributed by atoms with E-state index in [-0.39, 0.29) is 11.9 Å². The number of anilines is 1. The molecule has 0 aliphatic heterocycles. The van der Waals surface area contributed by atoms with Crippen LogP contribution in [0.15, 0.2) is 59.8 Å². The predicted molar refractivity (Wildman–Crippen MR) is 81.3 cm³/mol. The van der Waals surface area contributed by atoms with Gasteiger partial charge in [0.05, 0.1) is 0 Å². The van der Waals surface area contributed by atoms with Gasteiger partial charge in [-0.05, 0) is 17.7 Å². The summed E-state index contributed by atoms with van der Waals surface area (Å²) >= 11 is 0. The minimum absolute atomic E-state index is 0.0108. The molecule has 0 fully saturated rings. The molecule has 0 heterocycles. The molecule has 2 rings (SSSR count). The highest BCUT2D eigenvalue weighted by Gasteiger charge is 2.04. The van der Waals surface area contributed by atoms with Gasteiger partial charge in [0.25, 0.3) is 0 Å². The molecule has 0 aromatic heterocycles. The number of nitrogens with one attached hydrogen (secondary N) is 2. The van der Waals surface area contributed by atoms with Gasteiger partial charge in [0.2, 0.25) is 0 Å². The molecule has 6 nitrogen and oxygen atoms in total. The molecule has 0 unspecified atom stereocenters. The zero-order valence-electron chi connectivity index (χ0n) is 11.3. The van der Waals surface area contributed by atoms with Crippen LogP contribution in [-0.4, -0.2) is 17.1 Å². The average Bonchev–Trinajstić information content (AvgIpc) is 2.53. The summed E-state index contributed by atoms with van der Waals surface area (Å²) in [5, 5.41) is 17.0. The Hall–Kier alpha value is -3.02. The first-order valence-electron chi connectivity index (χ1n) is 6.36. The predicted octanol–water partition coefficient (Wildman–Crippen LogP) is 2.10. The number of hydrogen-bond acceptors (Lipinski definition) is 3. The quantitative estimate of drug-likeness (QED) is 0.299. The molecule has 0 radical (unpaired) electrons. The normalized spacial score (nSPS) is 11.0. The Kier molecular flexibility index (Phi) is 4.76. The van der Waals surface area contributed by atoms with Gasteiger partial charge in [0.15, 0.2) is 5.84 Å². The first-order valence-corrected chi connectivity index (χ1v) is 6.36. The summed E-state index contributed by atoms with van der Waals surface area (Å²) in [6.45, 7) is 0.437. The Morgan fingerprint density at radius 3 is 2.62 bits per heavy atom. The molecule has 0 aliphatic carbocycles. The van der Waals surface area contributed by atoms with E-state index in [2.05, 4.69) is 15.8 Å². The van der Waals surface area contributed by atoms with Gasteiger partial charge in [-0.25, -0.2) is 4.79 Å². The second-order valence-electron chi connectivity index (χ2n) is 4.36. The van der Waals surface area contributed by atoms with Gasteiger partial charge < -0.3 is 21.6 Å². The summed E-state index contributed by atoms with van der Waals surface area (Å²) in [6, 6.07) is 16.0. The third kappa shape index (κ3) is 4.24. The Bertz CT molecular complexity index is 641. The summed E-state index contributed by atoms with van der Waals surface area (Å²) in [5.41, 5.74) is 7.60. The minimum Gasteiger partial charge on any atom is -0.409 e. The number of rotatable bonds is 4. The van der Waals surface area contributed by atoms with Crippen molar-refractivity contribution in [1.82, 2.24) is 5.32 Å². The van der Waals surface area contributed by atoms with Crippen LogP contribution in [0.1, 0.15) is 11.1 Å². The van der Waals surface area contributed by atoms with E-state index in [0.717, 1.165) is 5.56 Å². The molecular weight excluding hydrogens is 268 g/mol. The van der Waals surface area contributed by atoms with Crippen molar-refractivity contribution in [2.45, 2.75) is 6.54 Å². The Morgan fingerprint density at radius 2 is 1.90 bits per heavy atom. The molecule has 0 saturated carbocycles. The van der Waals surface area contributed by atoms with Gasteiger partial charge >= 0.3 is 6.03 Å². The Morgan fingerprint density at radius 1 is 1.14 bits per heavy atom. The second-order valence-corrected chi connectivity index (χ2v) is 4.36. The maximum Gasteiger partial charge on any atom is 0.319 e. The SMILES string of the molecule is N/C(=N/O)c1cccc(NC(=O)NCc2ccccc2)c1. The first kappa shape index (κ1) is 14.4. The van der Waals surface area contributed by atoms with E-state index >= 15 is 0 Å². The lowest BCUT2D eigenvalue weighted by Crippen LogP contribution is -2.28. The Balaban J connectivity index is 1.94. The van der Waals surface area contributed by atoms with Crippen LogP contribution in [0.3, 0.4) is 0 Å². The molecule has 0 bridgehead atoms. The van der Waals surface area contributed by atoms with Gasteiger partial charge in [-0.2, -0.15) is 0 Å². The van der Waals surface area contributed by atoms with Gasteiger partial charge in [0.1, 0.15) is 0 Å². The van der Waals surface area contributed by atoms with Crippen molar-refractivity contribution in [3.63, 3.8) is 0 Å². The third-order valence-corrected chi connectivity index (χ3v) is 2.82. The highest BCUT2D eigenvalue weighted by molar-refractivity contribution is 5.99. The van der Waals surface area contributed by atoms with Gasteiger partial charge in [-0.15, -0.1) is 0 Å². The maximum absolute atomic E-state index is 11.8. The van der Waals surface area contributed by atoms with Crippen LogP contribution in [0.2, 0.25) is 0 Å². The molecule has 0 saturated heterocycles. The van der Waals surface area contributed by atoms with E-state index in [1.807, 2.05) is 30.3 Å². The largest absolute Gasteiger partial charge is 0.409 e. The molecule has 0 spiro atoms. The van der Waals surface area contributed by atoms with Crippen LogP contribution in [0, 0.1) is 0 Å². The van der Waals surface area contributed by atoms with E-state index in [9.17, 15) is 4.79 Å². The van der Waals surface area contributed by atoms with Gasteiger partial charge in [-0.1, -0.05) is 47.6 Å². The molecule has 6 heteroatoms. The Labute approximate surface area is 122 Å². The smallest absolute Gasteiger partial charge is 0.319 e. The number of amidine groups is 1. The van der Waals surface area contributed by atoms with Crippen molar-refractivity contribution in [3.05, 3.63) is 65.7 Å². The van der Waals surface area contributed by atoms with E-state index < -0.39 is 0 Å². The van der Waals surface area contributed by atoms with Crippen LogP contribution in [0.4, 0.5) is 10.5 Å². The summed E-state index contributed by atoms with van der Waals surface area (Å²) in [7, 11) is 0. The van der Waals surface area contributed by atoms with E-state index in [4.69, 9.17) is 10.9 Å². The number of hydrogen-bond donors (Lipinski definition) is 4. The molecule has 2 amide bonds. The van der Waals surface area contributed by atoms with Crippen LogP contribution in [0.25, 0.3) is 0 Å². The number of carbonyl (C=O) groups excluding carboxylic acids is 1. The zero-order chi connectivity index (χ0) is 15.1. The molecule has 0 aliphatic rings. The fraction of sp³-hybridized carbons (Fsp3) is 0.0667. The standard InChI is InChI=1S/C15H16N4O2/c16-14(19-21)12-7-4-8-13(9-12)18-15(20)17-10-11-5-2-1-3-6-11/h1-9,21H,10H2,(H2,16,19)(H2,17,18,20). The summed E-state index contributed by atoms with van der Waals surface area (Å²) in [6.07, 6.45) is 0. The average molecular weight is 284 g/mol. The van der Waals surface area contributed by atoms with Crippen molar-refractivity contribution in [3.8, 4) is 0 Å². The van der Waals surface area contributed by atoms with Crippen molar-refractivity contribution >= 4 is 17.6 Å². The molecule has 2 aromatic carbocycles. The molecule has 5 N–H and O–H groups in total. The lowest BCUT2D eigenvalue weighted by atomic mass is 10.2. The second kappa shape index (κ2) is 6.95. The van der Waals surface area contributed by atoms with E-state index in [1.54, 1.807) is 24.3 Å². The lowest BCUT2D eigenvalue weighted by molar-refractivity contribution is 0.251. The minimum atomic E-state index is -0.324. The highest BCUT2D eigenvalue weighted by atomic mass is 16.4. The van der Waals surface area contributed by atoms with E-state index in [0.29, 0.717) is 17.8 Å². The molecule has 2 aromatic rings. The maximum atomic E-state index is 11.8. The number of nitrogens with zero attached hydrogens (tertiary/aromatic N) is 1. The van der Waals surface area contributed by atoms with E-state index in [1.165, 1.54) is 0 Å². The number of oxime groups is 1. The monoisotopic (exact) mass is 284 g/mol. The van der Waals surface area contributed by atoms with Crippen molar-refractivity contribution < 1.29 is 10.0 Å². The highest BCUT2D eigenvalue weighted by Crippen LogP contribution is 2.10. The van der Waals surface area contributed by atoms with Crippen molar-refractivity contribution in [1.29, 1.82) is 0 Å². The van der Waals surface area contributed by atoms with Crippen LogP contribution in [-0.2, 0) is 6.54 Å². The zero-order valence-corrected chi connectivity index (χ0v) is 11.3. The number of carbonyl (C=O) groups is 1. The van der Waals surface area contributed by atoms with Gasteiger partial charge in [0, 0.05) is 17.8 Å². The van der Waals surface area contributed by atoms with Crippen LogP contribution >= 0.6 is 0 Å². The summed E-state index contributed by atoms with van der Waals surface area (Å²) < 4.78 is 0. The molecular formula is C15H16N4O2. The third-order valence-electron chi connectivity index (χ3n) is 2.82. The first-order chi connectivity index (χ1) is 10.2. The topological polar surface area (TPSA) is 99.7 Å². The van der Waals surface area contributed by atoms with Crippen molar-refractivity contribution in [2.24, 2.45) is 10.9 Å². The number of urea groups is 1. The molecule has 108 valence electrons. The number of benzene rings is 2. The fourth-order valence-corrected chi connectivity index (χ4v) is 1.77. The molecule has 21 heavy (non-hydrogen) atoms. The van der Waals surface area contributed by atoms with Crippen LogP contribution in [0.5, 0.6) is 0 Å². The fourth-order valence-electron chi connectivity index (χ4n) is 1.77. The summed E-state index contributed by atoms with van der Waals surface area (Å²) in [5.74, 6) is -0.0108. The van der Waals surface area contributed by atoms with Crippen molar-refractivity contribution in [2.75, 3.05) is 5.32 Å². The molecule has 0 atom stereocenters. The number of amides is 2.